The van der Waals surface area contributed by atoms with Crippen LogP contribution in [-0.4, -0.2) is 21.7 Å². The molecule has 0 aliphatic heterocycles. The minimum Gasteiger partial charge on any atom is -0.487 e. The van der Waals surface area contributed by atoms with Crippen molar-refractivity contribution in [3.8, 4) is 5.75 Å². The molecule has 0 spiro atoms. The molecule has 0 fully saturated rings. The Labute approximate surface area is 116 Å². The van der Waals surface area contributed by atoms with Crippen LogP contribution in [0.3, 0.4) is 0 Å². The monoisotopic (exact) mass is 276 g/mol. The smallest absolute Gasteiger partial charge is 0.311 e. The number of hydrogen-bond acceptors (Lipinski definition) is 5. The quantitative estimate of drug-likeness (QED) is 0.599. The van der Waals surface area contributed by atoms with Gasteiger partial charge in [0.25, 0.3) is 0 Å². The van der Waals surface area contributed by atoms with E-state index in [2.05, 4.69) is 15.5 Å². The summed E-state index contributed by atoms with van der Waals surface area (Å²) in [6.45, 7) is 2.99. The predicted molar refractivity (Wildman–Crippen MR) is 74.8 cm³/mol. The van der Waals surface area contributed by atoms with Gasteiger partial charge in [-0.3, -0.25) is 15.2 Å². The van der Waals surface area contributed by atoms with Crippen LogP contribution >= 0.6 is 0 Å². The van der Waals surface area contributed by atoms with Gasteiger partial charge >= 0.3 is 5.69 Å². The fraction of sp³-hybridized carbons (Fsp3) is 0.308. The Bertz CT molecular complexity index is 569. The highest BCUT2D eigenvalue weighted by Gasteiger charge is 2.15. The average Bonchev–Trinajstić information content (AvgIpc) is 2.96. The zero-order valence-electron chi connectivity index (χ0n) is 11.1. The van der Waals surface area contributed by atoms with Crippen molar-refractivity contribution >= 4 is 11.4 Å². The van der Waals surface area contributed by atoms with Gasteiger partial charge in [0.05, 0.1) is 17.7 Å². The van der Waals surface area contributed by atoms with Crippen LogP contribution in [0.5, 0.6) is 5.75 Å². The van der Waals surface area contributed by atoms with Gasteiger partial charge in [-0.05, 0) is 12.5 Å². The van der Waals surface area contributed by atoms with E-state index in [0.717, 1.165) is 17.7 Å². The van der Waals surface area contributed by atoms with E-state index in [0.29, 0.717) is 13.2 Å². The first-order valence-corrected chi connectivity index (χ1v) is 6.33. The molecular formula is C13H16N4O3. The number of anilines is 1. The van der Waals surface area contributed by atoms with Crippen molar-refractivity contribution in [1.29, 1.82) is 0 Å². The van der Waals surface area contributed by atoms with Gasteiger partial charge in [-0.25, -0.2) is 0 Å². The summed E-state index contributed by atoms with van der Waals surface area (Å²) in [6, 6.07) is 4.76. The lowest BCUT2D eigenvalue weighted by Crippen LogP contribution is -2.02. The molecule has 20 heavy (non-hydrogen) atoms. The lowest BCUT2D eigenvalue weighted by molar-refractivity contribution is -0.385. The molecule has 2 N–H and O–H groups in total. The van der Waals surface area contributed by atoms with E-state index in [-0.39, 0.29) is 11.4 Å². The summed E-state index contributed by atoms with van der Waals surface area (Å²) in [5.41, 5.74) is 1.74. The Morgan fingerprint density at radius 1 is 1.50 bits per heavy atom. The van der Waals surface area contributed by atoms with Crippen molar-refractivity contribution in [2.45, 2.75) is 19.9 Å². The van der Waals surface area contributed by atoms with E-state index in [1.807, 2.05) is 6.92 Å². The zero-order valence-corrected chi connectivity index (χ0v) is 11.1. The minimum absolute atomic E-state index is 0.0210. The van der Waals surface area contributed by atoms with Crippen molar-refractivity contribution in [3.63, 3.8) is 0 Å². The molecule has 7 nitrogen and oxygen atoms in total. The van der Waals surface area contributed by atoms with Crippen molar-refractivity contribution in [1.82, 2.24) is 10.2 Å². The highest BCUT2D eigenvalue weighted by Crippen LogP contribution is 2.30. The van der Waals surface area contributed by atoms with E-state index in [1.165, 1.54) is 6.07 Å². The summed E-state index contributed by atoms with van der Waals surface area (Å²) >= 11 is 0. The molecule has 1 aromatic heterocycles. The molecule has 0 atom stereocenters. The standard InChI is InChI=1S/C13H16N4O3/c1-2-5-20-13-6-11(3-4-12(13)17(18)19)14-7-10-8-15-16-9-10/h3-4,6,8-9,14H,2,5,7H2,1H3,(H,15,16). The third-order valence-corrected chi connectivity index (χ3v) is 2.67. The van der Waals surface area contributed by atoms with Crippen molar-refractivity contribution < 1.29 is 9.66 Å². The van der Waals surface area contributed by atoms with Crippen molar-refractivity contribution in [2.75, 3.05) is 11.9 Å². The minimum atomic E-state index is -0.440. The Hall–Kier alpha value is -2.57. The lowest BCUT2D eigenvalue weighted by Gasteiger charge is -2.09. The molecule has 0 radical (unpaired) electrons. The topological polar surface area (TPSA) is 93.1 Å². The molecule has 0 aliphatic rings. The number of ether oxygens (including phenoxy) is 1. The van der Waals surface area contributed by atoms with Crippen LogP contribution in [0.25, 0.3) is 0 Å². The lowest BCUT2D eigenvalue weighted by atomic mass is 10.2. The number of rotatable bonds is 7. The van der Waals surface area contributed by atoms with Gasteiger partial charge in [-0.15, -0.1) is 0 Å². The third kappa shape index (κ3) is 3.47. The summed E-state index contributed by atoms with van der Waals surface area (Å²) in [5, 5.41) is 20.7. The molecule has 0 saturated heterocycles. The summed E-state index contributed by atoms with van der Waals surface area (Å²) in [4.78, 5) is 10.5. The fourth-order valence-corrected chi connectivity index (χ4v) is 1.68. The molecule has 0 unspecified atom stereocenters. The molecule has 2 aromatic rings. The van der Waals surface area contributed by atoms with Crippen LogP contribution in [0.15, 0.2) is 30.6 Å². The number of nitrogens with one attached hydrogen (secondary N) is 2. The van der Waals surface area contributed by atoms with E-state index < -0.39 is 4.92 Å². The second kappa shape index (κ2) is 6.55. The first-order chi connectivity index (χ1) is 9.70. The Kier molecular flexibility index (Phi) is 4.54. The number of H-pyrrole nitrogens is 1. The number of nitro benzene ring substituents is 1. The summed E-state index contributed by atoms with van der Waals surface area (Å²) in [6.07, 6.45) is 4.30. The van der Waals surface area contributed by atoms with Crippen LogP contribution in [0.4, 0.5) is 11.4 Å². The molecule has 0 saturated carbocycles. The maximum absolute atomic E-state index is 10.9. The van der Waals surface area contributed by atoms with E-state index >= 15 is 0 Å². The van der Waals surface area contributed by atoms with Crippen LogP contribution in [0.2, 0.25) is 0 Å². The van der Waals surface area contributed by atoms with Crippen LogP contribution in [0, 0.1) is 10.1 Å². The maximum atomic E-state index is 10.9. The second-order valence-electron chi connectivity index (χ2n) is 4.25. The largest absolute Gasteiger partial charge is 0.487 e. The second-order valence-corrected chi connectivity index (χ2v) is 4.25. The first-order valence-electron chi connectivity index (χ1n) is 6.33. The Balaban J connectivity index is 2.11. The molecule has 0 amide bonds. The SMILES string of the molecule is CCCOc1cc(NCc2cn[nH]c2)ccc1[N+](=O)[O-]. The normalized spacial score (nSPS) is 10.2. The molecule has 2 rings (SSSR count). The van der Waals surface area contributed by atoms with Crippen LogP contribution in [-0.2, 0) is 6.54 Å². The molecule has 1 aromatic carbocycles. The van der Waals surface area contributed by atoms with Gasteiger partial charge in [0.15, 0.2) is 5.75 Å². The number of aromatic nitrogens is 2. The van der Waals surface area contributed by atoms with E-state index in [1.54, 1.807) is 24.5 Å². The van der Waals surface area contributed by atoms with E-state index in [9.17, 15) is 10.1 Å². The summed E-state index contributed by atoms with van der Waals surface area (Å²) < 4.78 is 5.43. The zero-order chi connectivity index (χ0) is 14.4. The molecule has 106 valence electrons. The number of nitrogens with zero attached hydrogens (tertiary/aromatic N) is 2. The number of nitro groups is 1. The van der Waals surface area contributed by atoms with Gasteiger partial charge in [-0.2, -0.15) is 5.10 Å². The summed E-state index contributed by atoms with van der Waals surface area (Å²) in [7, 11) is 0. The first kappa shape index (κ1) is 13.9. The van der Waals surface area contributed by atoms with Crippen molar-refractivity contribution in [2.24, 2.45) is 0 Å². The highest BCUT2D eigenvalue weighted by atomic mass is 16.6. The predicted octanol–water partition coefficient (Wildman–Crippen LogP) is 2.72. The number of aromatic amines is 1. The Morgan fingerprint density at radius 2 is 2.35 bits per heavy atom. The molecule has 1 heterocycles. The summed E-state index contributed by atoms with van der Waals surface area (Å²) in [5.74, 6) is 0.286. The van der Waals surface area contributed by atoms with Gasteiger partial charge < -0.3 is 10.1 Å². The molecule has 0 bridgehead atoms. The van der Waals surface area contributed by atoms with Gasteiger partial charge in [-0.1, -0.05) is 6.92 Å². The highest BCUT2D eigenvalue weighted by molar-refractivity contribution is 5.58. The van der Waals surface area contributed by atoms with E-state index in [4.69, 9.17) is 4.74 Å². The number of benzene rings is 1. The fourth-order valence-electron chi connectivity index (χ4n) is 1.68. The van der Waals surface area contributed by atoms with Gasteiger partial charge in [0, 0.05) is 36.1 Å². The molecule has 0 aliphatic carbocycles. The average molecular weight is 276 g/mol. The molecular weight excluding hydrogens is 260 g/mol. The van der Waals surface area contributed by atoms with Crippen LogP contribution < -0.4 is 10.1 Å². The van der Waals surface area contributed by atoms with Crippen molar-refractivity contribution in [3.05, 3.63) is 46.3 Å². The van der Waals surface area contributed by atoms with Crippen LogP contribution in [0.1, 0.15) is 18.9 Å². The Morgan fingerprint density at radius 3 is 3.00 bits per heavy atom. The molecule has 7 heteroatoms. The van der Waals surface area contributed by atoms with Gasteiger partial charge in [0.1, 0.15) is 0 Å². The maximum Gasteiger partial charge on any atom is 0.311 e. The number of hydrogen-bond donors (Lipinski definition) is 2. The third-order valence-electron chi connectivity index (χ3n) is 2.67. The van der Waals surface area contributed by atoms with Gasteiger partial charge in [0.2, 0.25) is 0 Å².